The molecule has 4 rings (SSSR count). The number of halogens is 1. The lowest BCUT2D eigenvalue weighted by atomic mass is 10.1. The Balaban J connectivity index is 1.76. The number of rotatable bonds is 1. The highest BCUT2D eigenvalue weighted by Gasteiger charge is 2.21. The van der Waals surface area contributed by atoms with Crippen LogP contribution in [0.15, 0.2) is 27.7 Å². The van der Waals surface area contributed by atoms with Crippen LogP contribution < -0.4 is 10.6 Å². The lowest BCUT2D eigenvalue weighted by Crippen LogP contribution is -2.32. The van der Waals surface area contributed by atoms with E-state index in [0.29, 0.717) is 5.78 Å². The van der Waals surface area contributed by atoms with Gasteiger partial charge in [0.05, 0.1) is 0 Å². The Kier molecular flexibility index (Phi) is 3.00. The summed E-state index contributed by atoms with van der Waals surface area (Å²) in [5, 5.41) is 6.36. The quantitative estimate of drug-likeness (QED) is 0.710. The number of pyridine rings is 1. The van der Waals surface area contributed by atoms with E-state index < -0.39 is 0 Å². The SMILES string of the molecule is Cc1cn2c(=O)[nH]nc2nc1N1CCc2ncc(Br)cc2C1. The van der Waals surface area contributed by atoms with Crippen molar-refractivity contribution in [1.82, 2.24) is 24.6 Å². The van der Waals surface area contributed by atoms with Gasteiger partial charge in [0.2, 0.25) is 0 Å². The maximum Gasteiger partial charge on any atom is 0.348 e. The minimum atomic E-state index is -0.269. The van der Waals surface area contributed by atoms with Crippen molar-refractivity contribution in [2.45, 2.75) is 19.9 Å². The summed E-state index contributed by atoms with van der Waals surface area (Å²) in [6, 6.07) is 2.10. The van der Waals surface area contributed by atoms with Crippen molar-refractivity contribution in [3.05, 3.63) is 50.2 Å². The standard InChI is InChI=1S/C14H13BrN6O/c1-8-6-21-13(18-19-14(21)22)17-12(8)20-3-2-11-9(7-20)4-10(15)5-16-11/h4-6H,2-3,7H2,1H3,(H,19,22). The second-order valence-electron chi connectivity index (χ2n) is 5.38. The normalized spacial score (nSPS) is 14.4. The number of aryl methyl sites for hydroxylation is 1. The Labute approximate surface area is 134 Å². The lowest BCUT2D eigenvalue weighted by molar-refractivity contribution is 0.698. The first-order valence-electron chi connectivity index (χ1n) is 6.94. The summed E-state index contributed by atoms with van der Waals surface area (Å²) < 4.78 is 2.40. The van der Waals surface area contributed by atoms with Gasteiger partial charge in [0, 0.05) is 47.6 Å². The van der Waals surface area contributed by atoms with E-state index >= 15 is 0 Å². The highest BCUT2D eigenvalue weighted by molar-refractivity contribution is 9.10. The van der Waals surface area contributed by atoms with Crippen LogP contribution in [0, 0.1) is 6.92 Å². The largest absolute Gasteiger partial charge is 0.351 e. The van der Waals surface area contributed by atoms with Crippen molar-refractivity contribution in [1.29, 1.82) is 0 Å². The van der Waals surface area contributed by atoms with E-state index in [9.17, 15) is 4.79 Å². The molecule has 0 aromatic carbocycles. The summed E-state index contributed by atoms with van der Waals surface area (Å²) in [6.07, 6.45) is 4.49. The van der Waals surface area contributed by atoms with Gasteiger partial charge in [-0.2, -0.15) is 4.98 Å². The molecule has 3 aromatic rings. The lowest BCUT2D eigenvalue weighted by Gasteiger charge is -2.30. The minimum absolute atomic E-state index is 0.269. The van der Waals surface area contributed by atoms with Gasteiger partial charge in [-0.25, -0.2) is 14.3 Å². The van der Waals surface area contributed by atoms with E-state index in [0.717, 1.165) is 41.1 Å². The van der Waals surface area contributed by atoms with Crippen LogP contribution in [0.3, 0.4) is 0 Å². The summed E-state index contributed by atoms with van der Waals surface area (Å²) in [7, 11) is 0. The van der Waals surface area contributed by atoms with Crippen molar-refractivity contribution in [3.8, 4) is 0 Å². The van der Waals surface area contributed by atoms with E-state index in [1.807, 2.05) is 13.1 Å². The Bertz CT molecular complexity index is 931. The second-order valence-corrected chi connectivity index (χ2v) is 6.29. The van der Waals surface area contributed by atoms with Crippen LogP contribution in [0.1, 0.15) is 16.8 Å². The third-order valence-corrected chi connectivity index (χ3v) is 4.31. The van der Waals surface area contributed by atoms with Gasteiger partial charge < -0.3 is 4.90 Å². The molecule has 0 unspecified atom stereocenters. The average molecular weight is 361 g/mol. The van der Waals surface area contributed by atoms with Crippen molar-refractivity contribution < 1.29 is 0 Å². The van der Waals surface area contributed by atoms with Crippen LogP contribution in [-0.2, 0) is 13.0 Å². The van der Waals surface area contributed by atoms with Gasteiger partial charge in [-0.15, -0.1) is 5.10 Å². The zero-order valence-electron chi connectivity index (χ0n) is 11.9. The Morgan fingerprint density at radius 3 is 3.14 bits per heavy atom. The first kappa shape index (κ1) is 13.4. The Morgan fingerprint density at radius 1 is 1.41 bits per heavy atom. The number of aromatic nitrogens is 5. The van der Waals surface area contributed by atoms with Gasteiger partial charge in [-0.3, -0.25) is 4.98 Å². The van der Waals surface area contributed by atoms with Crippen molar-refractivity contribution in [2.24, 2.45) is 0 Å². The second kappa shape index (κ2) is 4.91. The molecule has 0 amide bonds. The predicted octanol–water partition coefficient (Wildman–Crippen LogP) is 1.45. The molecule has 1 N–H and O–H groups in total. The molecule has 1 aliphatic heterocycles. The summed E-state index contributed by atoms with van der Waals surface area (Å²) in [4.78, 5) is 22.8. The van der Waals surface area contributed by atoms with Crippen LogP contribution in [0.4, 0.5) is 5.82 Å². The first-order chi connectivity index (χ1) is 10.6. The number of fused-ring (bicyclic) bond motifs is 2. The molecule has 0 fully saturated rings. The Hall–Kier alpha value is -2.22. The first-order valence-corrected chi connectivity index (χ1v) is 7.74. The van der Waals surface area contributed by atoms with Gasteiger partial charge >= 0.3 is 5.69 Å². The third-order valence-electron chi connectivity index (χ3n) is 3.87. The molecule has 22 heavy (non-hydrogen) atoms. The topological polar surface area (TPSA) is 79.2 Å². The predicted molar refractivity (Wildman–Crippen MR) is 85.0 cm³/mol. The van der Waals surface area contributed by atoms with E-state index in [-0.39, 0.29) is 5.69 Å². The van der Waals surface area contributed by atoms with Gasteiger partial charge in [0.25, 0.3) is 5.78 Å². The van der Waals surface area contributed by atoms with Crippen LogP contribution >= 0.6 is 15.9 Å². The fraction of sp³-hybridized carbons (Fsp3) is 0.286. The van der Waals surface area contributed by atoms with E-state index in [4.69, 9.17) is 0 Å². The summed E-state index contributed by atoms with van der Waals surface area (Å²) in [5.74, 6) is 1.25. The third kappa shape index (κ3) is 2.10. The molecule has 3 aromatic heterocycles. The summed E-state index contributed by atoms with van der Waals surface area (Å²) in [6.45, 7) is 3.55. The molecule has 0 saturated carbocycles. The number of nitrogens with one attached hydrogen (secondary N) is 1. The molecule has 1 aliphatic rings. The zero-order chi connectivity index (χ0) is 15.3. The molecule has 0 bridgehead atoms. The molecular formula is C14H13BrN6O. The van der Waals surface area contributed by atoms with Crippen LogP contribution in [-0.4, -0.2) is 31.1 Å². The number of aromatic amines is 1. The molecule has 0 saturated heterocycles. The van der Waals surface area contributed by atoms with Crippen LogP contribution in [0.5, 0.6) is 0 Å². The summed E-state index contributed by atoms with van der Waals surface area (Å²) in [5.41, 5.74) is 3.01. The Morgan fingerprint density at radius 2 is 2.27 bits per heavy atom. The molecule has 8 heteroatoms. The molecule has 4 heterocycles. The molecule has 0 aliphatic carbocycles. The van der Waals surface area contributed by atoms with Gasteiger partial charge in [-0.05, 0) is 34.5 Å². The zero-order valence-corrected chi connectivity index (χ0v) is 13.5. The molecule has 112 valence electrons. The van der Waals surface area contributed by atoms with Crippen molar-refractivity contribution >= 4 is 27.5 Å². The van der Waals surface area contributed by atoms with E-state index in [2.05, 4.69) is 47.1 Å². The fourth-order valence-electron chi connectivity index (χ4n) is 2.82. The van der Waals surface area contributed by atoms with Crippen molar-refractivity contribution in [3.63, 3.8) is 0 Å². The molecule has 0 atom stereocenters. The number of hydrogen-bond donors (Lipinski definition) is 1. The fourth-order valence-corrected chi connectivity index (χ4v) is 3.20. The van der Waals surface area contributed by atoms with Crippen LogP contribution in [0.25, 0.3) is 5.78 Å². The maximum atomic E-state index is 11.6. The monoisotopic (exact) mass is 360 g/mol. The van der Waals surface area contributed by atoms with E-state index in [1.165, 1.54) is 9.96 Å². The summed E-state index contributed by atoms with van der Waals surface area (Å²) >= 11 is 3.47. The molecule has 0 spiro atoms. The van der Waals surface area contributed by atoms with Crippen molar-refractivity contribution in [2.75, 3.05) is 11.4 Å². The van der Waals surface area contributed by atoms with Gasteiger partial charge in [0.1, 0.15) is 5.82 Å². The smallest absolute Gasteiger partial charge is 0.348 e. The maximum absolute atomic E-state index is 11.6. The minimum Gasteiger partial charge on any atom is -0.351 e. The number of hydrogen-bond acceptors (Lipinski definition) is 5. The average Bonchev–Trinajstić information content (AvgIpc) is 2.86. The number of nitrogens with zero attached hydrogens (tertiary/aromatic N) is 5. The highest BCUT2D eigenvalue weighted by atomic mass is 79.9. The van der Waals surface area contributed by atoms with Crippen LogP contribution in [0.2, 0.25) is 0 Å². The number of anilines is 1. The van der Waals surface area contributed by atoms with Gasteiger partial charge in [-0.1, -0.05) is 0 Å². The highest BCUT2D eigenvalue weighted by Crippen LogP contribution is 2.26. The van der Waals surface area contributed by atoms with E-state index in [1.54, 1.807) is 6.20 Å². The van der Waals surface area contributed by atoms with Gasteiger partial charge in [0.15, 0.2) is 0 Å². The molecule has 0 radical (unpaired) electrons. The molecular weight excluding hydrogens is 348 g/mol. The molecule has 7 nitrogen and oxygen atoms in total. The number of H-pyrrole nitrogens is 1.